The summed E-state index contributed by atoms with van der Waals surface area (Å²) in [6, 6.07) is 5.32. The Balaban J connectivity index is 1.34. The Hall–Kier alpha value is -2.74. The van der Waals surface area contributed by atoms with Crippen LogP contribution in [0.4, 0.5) is 0 Å². The lowest BCUT2D eigenvalue weighted by molar-refractivity contribution is -0.0299. The number of benzene rings is 1. The van der Waals surface area contributed by atoms with Crippen molar-refractivity contribution in [3.8, 4) is 17.2 Å². The highest BCUT2D eigenvalue weighted by molar-refractivity contribution is 5.92. The number of nitrogens with zero attached hydrogens (tertiary/aromatic N) is 2. The van der Waals surface area contributed by atoms with Crippen LogP contribution in [0.15, 0.2) is 28.9 Å². The molecule has 2 aliphatic rings. The van der Waals surface area contributed by atoms with Crippen molar-refractivity contribution in [3.63, 3.8) is 0 Å². The summed E-state index contributed by atoms with van der Waals surface area (Å²) >= 11 is 0. The molecule has 8 heteroatoms. The van der Waals surface area contributed by atoms with E-state index in [-0.39, 0.29) is 31.1 Å². The molecule has 1 saturated heterocycles. The molecule has 0 radical (unpaired) electrons. The number of fused-ring (bicyclic) bond motifs is 1. The average Bonchev–Trinajstić information content (AvgIpc) is 3.34. The van der Waals surface area contributed by atoms with E-state index in [0.717, 1.165) is 6.42 Å². The zero-order chi connectivity index (χ0) is 19.5. The largest absolute Gasteiger partial charge is 0.484 e. The molecule has 1 fully saturated rings. The van der Waals surface area contributed by atoms with Crippen LogP contribution in [0.5, 0.6) is 17.2 Å². The SMILES string of the molecule is CC(C)C[C@H]1CN(C(=O)c2coc(COc3ccc4c(c3)OCO4)n2)CCO1. The van der Waals surface area contributed by atoms with Gasteiger partial charge in [0.05, 0.1) is 12.7 Å². The summed E-state index contributed by atoms with van der Waals surface area (Å²) in [6.45, 7) is 6.30. The van der Waals surface area contributed by atoms with E-state index in [0.29, 0.717) is 48.8 Å². The summed E-state index contributed by atoms with van der Waals surface area (Å²) in [5, 5.41) is 0. The fourth-order valence-electron chi connectivity index (χ4n) is 3.32. The molecule has 0 bridgehead atoms. The Bertz CT molecular complexity index is 834. The summed E-state index contributed by atoms with van der Waals surface area (Å²) in [5.74, 6) is 2.66. The molecule has 8 nitrogen and oxygen atoms in total. The van der Waals surface area contributed by atoms with Gasteiger partial charge in [0, 0.05) is 19.2 Å². The molecule has 2 aliphatic heterocycles. The van der Waals surface area contributed by atoms with Gasteiger partial charge in [-0.05, 0) is 24.5 Å². The predicted octanol–water partition coefficient (Wildman–Crippen LogP) is 2.87. The summed E-state index contributed by atoms with van der Waals surface area (Å²) < 4.78 is 27.4. The highest BCUT2D eigenvalue weighted by atomic mass is 16.7. The van der Waals surface area contributed by atoms with E-state index in [2.05, 4.69) is 18.8 Å². The van der Waals surface area contributed by atoms with E-state index in [4.69, 9.17) is 23.4 Å². The Morgan fingerprint density at radius 1 is 1.32 bits per heavy atom. The van der Waals surface area contributed by atoms with Gasteiger partial charge in [0.1, 0.15) is 12.0 Å². The molecule has 0 N–H and O–H groups in total. The standard InChI is InChI=1S/C20H24N2O6/c1-13(2)7-15-9-22(5-6-24-15)20(23)16-10-26-19(21-16)11-25-14-3-4-17-18(8-14)28-12-27-17/h3-4,8,10,13,15H,5-7,9,11-12H2,1-2H3/t15-/m0/s1. The second-order valence-electron chi connectivity index (χ2n) is 7.30. The third kappa shape index (κ3) is 4.22. The summed E-state index contributed by atoms with van der Waals surface area (Å²) in [4.78, 5) is 18.8. The average molecular weight is 388 g/mol. The Morgan fingerprint density at radius 2 is 2.18 bits per heavy atom. The molecule has 3 heterocycles. The van der Waals surface area contributed by atoms with Crippen molar-refractivity contribution in [2.75, 3.05) is 26.5 Å². The maximum absolute atomic E-state index is 12.7. The van der Waals surface area contributed by atoms with Gasteiger partial charge in [0.2, 0.25) is 12.7 Å². The van der Waals surface area contributed by atoms with Gasteiger partial charge >= 0.3 is 0 Å². The molecule has 0 spiro atoms. The van der Waals surface area contributed by atoms with Crippen LogP contribution in [-0.2, 0) is 11.3 Å². The molecule has 0 unspecified atom stereocenters. The quantitative estimate of drug-likeness (QED) is 0.752. The molecule has 0 aliphatic carbocycles. The minimum Gasteiger partial charge on any atom is -0.484 e. The minimum atomic E-state index is -0.143. The monoisotopic (exact) mass is 388 g/mol. The number of amides is 1. The predicted molar refractivity (Wildman–Crippen MR) is 98.5 cm³/mol. The third-order valence-electron chi connectivity index (χ3n) is 4.64. The Morgan fingerprint density at radius 3 is 3.04 bits per heavy atom. The van der Waals surface area contributed by atoms with Crippen LogP contribution in [0.2, 0.25) is 0 Å². The molecule has 2 aromatic rings. The van der Waals surface area contributed by atoms with Crippen LogP contribution in [0, 0.1) is 5.92 Å². The number of ether oxygens (including phenoxy) is 4. The lowest BCUT2D eigenvalue weighted by Crippen LogP contribution is -2.46. The second-order valence-corrected chi connectivity index (χ2v) is 7.30. The molecule has 4 rings (SSSR count). The van der Waals surface area contributed by atoms with Gasteiger partial charge in [-0.15, -0.1) is 0 Å². The van der Waals surface area contributed by atoms with Crippen LogP contribution < -0.4 is 14.2 Å². The number of hydrogen-bond acceptors (Lipinski definition) is 7. The van der Waals surface area contributed by atoms with E-state index in [1.54, 1.807) is 23.1 Å². The topological polar surface area (TPSA) is 83.3 Å². The van der Waals surface area contributed by atoms with Gasteiger partial charge < -0.3 is 28.3 Å². The van der Waals surface area contributed by atoms with E-state index >= 15 is 0 Å². The molecular weight excluding hydrogens is 364 g/mol. The molecule has 1 amide bonds. The van der Waals surface area contributed by atoms with Crippen LogP contribution in [0.3, 0.4) is 0 Å². The molecule has 28 heavy (non-hydrogen) atoms. The first kappa shape index (κ1) is 18.6. The Labute approximate surface area is 163 Å². The van der Waals surface area contributed by atoms with Gasteiger partial charge in [-0.2, -0.15) is 0 Å². The lowest BCUT2D eigenvalue weighted by Gasteiger charge is -2.33. The smallest absolute Gasteiger partial charge is 0.275 e. The van der Waals surface area contributed by atoms with E-state index in [1.165, 1.54) is 6.26 Å². The summed E-state index contributed by atoms with van der Waals surface area (Å²) in [7, 11) is 0. The maximum Gasteiger partial charge on any atom is 0.275 e. The van der Waals surface area contributed by atoms with Crippen molar-refractivity contribution < 1.29 is 28.2 Å². The van der Waals surface area contributed by atoms with Gasteiger partial charge in [-0.25, -0.2) is 4.98 Å². The number of rotatable bonds is 6. The molecule has 1 aromatic carbocycles. The van der Waals surface area contributed by atoms with Crippen LogP contribution in [-0.4, -0.2) is 48.4 Å². The van der Waals surface area contributed by atoms with Crippen LogP contribution in [0.1, 0.15) is 36.6 Å². The second kappa shape index (κ2) is 8.10. The van der Waals surface area contributed by atoms with Crippen molar-refractivity contribution in [3.05, 3.63) is 36.0 Å². The van der Waals surface area contributed by atoms with Gasteiger partial charge in [-0.1, -0.05) is 13.8 Å². The fourth-order valence-corrected chi connectivity index (χ4v) is 3.32. The first-order valence-corrected chi connectivity index (χ1v) is 9.46. The molecular formula is C20H24N2O6. The van der Waals surface area contributed by atoms with E-state index < -0.39 is 0 Å². The van der Waals surface area contributed by atoms with Crippen LogP contribution >= 0.6 is 0 Å². The number of hydrogen-bond donors (Lipinski definition) is 0. The molecule has 1 aromatic heterocycles. The number of carbonyl (C=O) groups is 1. The molecule has 0 saturated carbocycles. The number of aromatic nitrogens is 1. The van der Waals surface area contributed by atoms with Crippen molar-refractivity contribution >= 4 is 5.91 Å². The first-order chi connectivity index (χ1) is 13.6. The van der Waals surface area contributed by atoms with Gasteiger partial charge in [-0.3, -0.25) is 4.79 Å². The highest BCUT2D eigenvalue weighted by Crippen LogP contribution is 2.35. The van der Waals surface area contributed by atoms with Crippen molar-refractivity contribution in [2.45, 2.75) is 33.0 Å². The summed E-state index contributed by atoms with van der Waals surface area (Å²) in [6.07, 6.45) is 2.38. The van der Waals surface area contributed by atoms with Crippen LogP contribution in [0.25, 0.3) is 0 Å². The van der Waals surface area contributed by atoms with E-state index in [1.807, 2.05) is 0 Å². The summed E-state index contributed by atoms with van der Waals surface area (Å²) in [5.41, 5.74) is 0.287. The number of oxazole rings is 1. The first-order valence-electron chi connectivity index (χ1n) is 9.46. The van der Waals surface area contributed by atoms with Crippen molar-refractivity contribution in [1.82, 2.24) is 9.88 Å². The highest BCUT2D eigenvalue weighted by Gasteiger charge is 2.27. The fraction of sp³-hybridized carbons (Fsp3) is 0.500. The van der Waals surface area contributed by atoms with Gasteiger partial charge in [0.15, 0.2) is 23.8 Å². The lowest BCUT2D eigenvalue weighted by atomic mass is 10.0. The number of carbonyl (C=O) groups excluding carboxylic acids is 1. The molecule has 1 atom stereocenters. The zero-order valence-corrected chi connectivity index (χ0v) is 16.1. The molecule has 150 valence electrons. The normalized spacial score (nSPS) is 18.5. The van der Waals surface area contributed by atoms with E-state index in [9.17, 15) is 4.79 Å². The van der Waals surface area contributed by atoms with Gasteiger partial charge in [0.25, 0.3) is 5.91 Å². The maximum atomic E-state index is 12.7. The van der Waals surface area contributed by atoms with Crippen molar-refractivity contribution in [2.24, 2.45) is 5.92 Å². The Kier molecular flexibility index (Phi) is 5.38. The minimum absolute atomic E-state index is 0.0680. The number of morpholine rings is 1. The zero-order valence-electron chi connectivity index (χ0n) is 16.1. The third-order valence-corrected chi connectivity index (χ3v) is 4.64. The van der Waals surface area contributed by atoms with Crippen molar-refractivity contribution in [1.29, 1.82) is 0 Å².